The molecule has 2 aromatic carbocycles. The van der Waals surface area contributed by atoms with Gasteiger partial charge in [-0.05, 0) is 59.0 Å². The molecule has 1 fully saturated rings. The minimum absolute atomic E-state index is 0.0895. The number of carbonyl (C=O) groups excluding carboxylic acids is 2. The van der Waals surface area contributed by atoms with Crippen LogP contribution in [0.4, 0.5) is 5.69 Å². The Kier molecular flexibility index (Phi) is 5.78. The van der Waals surface area contributed by atoms with E-state index in [1.54, 1.807) is 60.2 Å². The highest BCUT2D eigenvalue weighted by atomic mass is 16.5. The van der Waals surface area contributed by atoms with Crippen LogP contribution >= 0.6 is 0 Å². The molecule has 1 saturated heterocycles. The summed E-state index contributed by atoms with van der Waals surface area (Å²) < 4.78 is 11.8. The third-order valence-electron chi connectivity index (χ3n) is 5.15. The molecule has 1 N–H and O–H groups in total. The number of nitrogens with one attached hydrogen (secondary N) is 1. The van der Waals surface area contributed by atoms with Gasteiger partial charge >= 0.3 is 0 Å². The van der Waals surface area contributed by atoms with Gasteiger partial charge in [0.25, 0.3) is 0 Å². The summed E-state index contributed by atoms with van der Waals surface area (Å²) in [4.78, 5) is 26.7. The lowest BCUT2D eigenvalue weighted by Crippen LogP contribution is -2.33. The lowest BCUT2D eigenvalue weighted by atomic mass is 10.1. The topological polar surface area (TPSA) is 111 Å². The number of anilines is 1. The van der Waals surface area contributed by atoms with E-state index in [1.165, 1.54) is 0 Å². The summed E-state index contributed by atoms with van der Waals surface area (Å²) in [7, 11) is 3.18. The molecular formula is C21H22N6O4. The maximum atomic E-state index is 12.7. The second-order valence-electron chi connectivity index (χ2n) is 7.03. The average molecular weight is 422 g/mol. The van der Waals surface area contributed by atoms with Crippen molar-refractivity contribution in [3.8, 4) is 17.2 Å². The molecule has 2 amide bonds. The predicted molar refractivity (Wildman–Crippen MR) is 111 cm³/mol. The van der Waals surface area contributed by atoms with Crippen LogP contribution in [0.3, 0.4) is 0 Å². The molecule has 1 atom stereocenters. The maximum absolute atomic E-state index is 12.7. The number of amides is 2. The van der Waals surface area contributed by atoms with E-state index in [-0.39, 0.29) is 24.8 Å². The fraction of sp³-hybridized carbons (Fsp3) is 0.286. The first-order valence-corrected chi connectivity index (χ1v) is 9.73. The second-order valence-corrected chi connectivity index (χ2v) is 7.03. The van der Waals surface area contributed by atoms with E-state index in [2.05, 4.69) is 20.8 Å². The van der Waals surface area contributed by atoms with Crippen molar-refractivity contribution in [1.29, 1.82) is 0 Å². The van der Waals surface area contributed by atoms with Crippen molar-refractivity contribution < 1.29 is 19.1 Å². The summed E-state index contributed by atoms with van der Waals surface area (Å²) in [5.41, 5.74) is 1.49. The zero-order valence-electron chi connectivity index (χ0n) is 17.2. The number of tetrazole rings is 1. The largest absolute Gasteiger partial charge is 0.497 e. The van der Waals surface area contributed by atoms with E-state index in [0.29, 0.717) is 18.1 Å². The van der Waals surface area contributed by atoms with Gasteiger partial charge in [-0.25, -0.2) is 0 Å². The smallest absolute Gasteiger partial charge is 0.227 e. The summed E-state index contributed by atoms with van der Waals surface area (Å²) in [6, 6.07) is 14.4. The summed E-state index contributed by atoms with van der Waals surface area (Å²) in [5, 5.41) is 14.5. The number of methoxy groups -OCH3 is 2. The Morgan fingerprint density at radius 2 is 1.65 bits per heavy atom. The Labute approximate surface area is 178 Å². The first kappa shape index (κ1) is 20.3. The van der Waals surface area contributed by atoms with Gasteiger partial charge < -0.3 is 19.7 Å². The van der Waals surface area contributed by atoms with Gasteiger partial charge in [-0.15, -0.1) is 5.10 Å². The number of nitrogens with zero attached hydrogens (tertiary/aromatic N) is 5. The van der Waals surface area contributed by atoms with E-state index in [1.807, 2.05) is 12.1 Å². The number of aromatic nitrogens is 4. The molecule has 0 radical (unpaired) electrons. The van der Waals surface area contributed by atoms with Gasteiger partial charge in [0.05, 0.1) is 32.4 Å². The molecule has 0 bridgehead atoms. The van der Waals surface area contributed by atoms with E-state index in [9.17, 15) is 9.59 Å². The lowest BCUT2D eigenvalue weighted by molar-refractivity contribution is -0.126. The summed E-state index contributed by atoms with van der Waals surface area (Å²) >= 11 is 0. The molecule has 0 spiro atoms. The highest BCUT2D eigenvalue weighted by Gasteiger charge is 2.35. The maximum Gasteiger partial charge on any atom is 0.227 e. The van der Waals surface area contributed by atoms with Crippen LogP contribution in [-0.4, -0.2) is 52.8 Å². The van der Waals surface area contributed by atoms with Crippen molar-refractivity contribution in [3.05, 3.63) is 54.4 Å². The zero-order chi connectivity index (χ0) is 21.8. The van der Waals surface area contributed by atoms with Gasteiger partial charge in [0, 0.05) is 18.7 Å². The van der Waals surface area contributed by atoms with Crippen LogP contribution in [0.25, 0.3) is 5.69 Å². The van der Waals surface area contributed by atoms with E-state index in [4.69, 9.17) is 9.47 Å². The predicted octanol–water partition coefficient (Wildman–Crippen LogP) is 1.35. The van der Waals surface area contributed by atoms with E-state index in [0.717, 1.165) is 17.1 Å². The van der Waals surface area contributed by atoms with Crippen LogP contribution in [0.5, 0.6) is 11.5 Å². The Morgan fingerprint density at radius 1 is 1.03 bits per heavy atom. The van der Waals surface area contributed by atoms with Gasteiger partial charge in [0.2, 0.25) is 11.8 Å². The zero-order valence-corrected chi connectivity index (χ0v) is 17.2. The number of hydrogen-bond acceptors (Lipinski definition) is 7. The number of rotatable bonds is 7. The molecule has 0 aliphatic carbocycles. The normalized spacial score (nSPS) is 15.7. The number of benzene rings is 2. The Hall–Kier alpha value is -3.95. The van der Waals surface area contributed by atoms with Crippen molar-refractivity contribution in [1.82, 2.24) is 25.5 Å². The van der Waals surface area contributed by atoms with Gasteiger partial charge in [0.15, 0.2) is 5.82 Å². The van der Waals surface area contributed by atoms with Gasteiger partial charge in [-0.3, -0.25) is 9.59 Å². The Balaban J connectivity index is 1.38. The first-order chi connectivity index (χ1) is 15.1. The highest BCUT2D eigenvalue weighted by molar-refractivity contribution is 6.00. The molecule has 10 nitrogen and oxygen atoms in total. The lowest BCUT2D eigenvalue weighted by Gasteiger charge is -2.17. The summed E-state index contributed by atoms with van der Waals surface area (Å²) in [6.07, 6.45) is 0.154. The first-order valence-electron chi connectivity index (χ1n) is 9.73. The summed E-state index contributed by atoms with van der Waals surface area (Å²) in [6.45, 7) is 0.464. The molecule has 31 heavy (non-hydrogen) atoms. The molecule has 10 heteroatoms. The second kappa shape index (κ2) is 8.82. The van der Waals surface area contributed by atoms with Crippen LogP contribution in [0.15, 0.2) is 48.5 Å². The van der Waals surface area contributed by atoms with E-state index >= 15 is 0 Å². The molecule has 4 rings (SSSR count). The Bertz CT molecular complexity index is 1060. The molecule has 1 aromatic heterocycles. The van der Waals surface area contributed by atoms with Crippen LogP contribution in [0.2, 0.25) is 0 Å². The number of ether oxygens (including phenoxy) is 2. The molecule has 1 unspecified atom stereocenters. The van der Waals surface area contributed by atoms with Gasteiger partial charge in [0.1, 0.15) is 11.5 Å². The molecule has 0 saturated carbocycles. The summed E-state index contributed by atoms with van der Waals surface area (Å²) in [5.74, 6) is 1.16. The van der Waals surface area contributed by atoms with E-state index < -0.39 is 5.92 Å². The minimum atomic E-state index is -0.445. The van der Waals surface area contributed by atoms with Gasteiger partial charge in [-0.2, -0.15) is 4.68 Å². The monoisotopic (exact) mass is 422 g/mol. The number of hydrogen-bond donors (Lipinski definition) is 1. The van der Waals surface area contributed by atoms with Crippen molar-refractivity contribution in [2.75, 3.05) is 25.7 Å². The fourth-order valence-electron chi connectivity index (χ4n) is 3.45. The minimum Gasteiger partial charge on any atom is -0.497 e. The quantitative estimate of drug-likeness (QED) is 0.612. The standard InChI is InChI=1S/C21H22N6O4/c1-30-17-7-3-15(4-8-17)26-13-14(11-20(26)28)21(29)22-12-19-23-24-25-27(19)16-5-9-18(31-2)10-6-16/h3-10,14H,11-13H2,1-2H3,(H,22,29). The third kappa shape index (κ3) is 4.32. The number of carbonyl (C=O) groups is 2. The van der Waals surface area contributed by atoms with Crippen LogP contribution in [0, 0.1) is 5.92 Å². The van der Waals surface area contributed by atoms with Crippen molar-refractivity contribution in [2.24, 2.45) is 5.92 Å². The van der Waals surface area contributed by atoms with Crippen molar-refractivity contribution in [3.63, 3.8) is 0 Å². The highest BCUT2D eigenvalue weighted by Crippen LogP contribution is 2.27. The van der Waals surface area contributed by atoms with Crippen LogP contribution in [-0.2, 0) is 16.1 Å². The molecule has 3 aromatic rings. The van der Waals surface area contributed by atoms with Gasteiger partial charge in [-0.1, -0.05) is 0 Å². The van der Waals surface area contributed by atoms with Crippen LogP contribution < -0.4 is 19.7 Å². The van der Waals surface area contributed by atoms with Crippen molar-refractivity contribution in [2.45, 2.75) is 13.0 Å². The average Bonchev–Trinajstić information content (AvgIpc) is 3.44. The molecule has 1 aliphatic heterocycles. The van der Waals surface area contributed by atoms with Crippen LogP contribution in [0.1, 0.15) is 12.2 Å². The Morgan fingerprint density at radius 3 is 2.26 bits per heavy atom. The SMILES string of the molecule is COc1ccc(N2CC(C(=O)NCc3nnnn3-c3ccc(OC)cc3)CC2=O)cc1. The molecular weight excluding hydrogens is 400 g/mol. The molecule has 160 valence electrons. The molecule has 2 heterocycles. The van der Waals surface area contributed by atoms with Crippen molar-refractivity contribution >= 4 is 17.5 Å². The third-order valence-corrected chi connectivity index (χ3v) is 5.15. The molecule has 1 aliphatic rings. The fourth-order valence-corrected chi connectivity index (χ4v) is 3.45.